The molecule has 1 aliphatic heterocycles. The standard InChI is InChI=1S/C21H26N2O3/c1-16(24)23(15-21(25)26)20-7-4-11-22(12-10-20)14-17-8-9-18-5-2-3-6-19(18)13-17/h2-3,5-6,8-9,13,20H,4,7,10-12,14-15H2,1H3,(H,25,26)/t20-/m1/s1. The number of hydrogen-bond donors (Lipinski definition) is 1. The molecule has 1 amide bonds. The summed E-state index contributed by atoms with van der Waals surface area (Å²) in [6.45, 7) is 3.99. The fourth-order valence-electron chi connectivity index (χ4n) is 3.85. The number of carboxylic acid groups (broad SMARTS) is 1. The number of fused-ring (bicyclic) bond motifs is 1. The third-order valence-corrected chi connectivity index (χ3v) is 5.16. The lowest BCUT2D eigenvalue weighted by Gasteiger charge is -2.29. The molecular formula is C21H26N2O3. The molecule has 0 aliphatic carbocycles. The summed E-state index contributed by atoms with van der Waals surface area (Å²) in [5, 5.41) is 11.6. The Morgan fingerprint density at radius 2 is 1.88 bits per heavy atom. The van der Waals surface area contributed by atoms with Gasteiger partial charge >= 0.3 is 5.97 Å². The average Bonchev–Trinajstić information content (AvgIpc) is 2.85. The van der Waals surface area contributed by atoms with Crippen molar-refractivity contribution >= 4 is 22.6 Å². The second-order valence-corrected chi connectivity index (χ2v) is 7.08. The molecule has 0 aromatic heterocycles. The third kappa shape index (κ3) is 4.61. The normalized spacial score (nSPS) is 18.4. The van der Waals surface area contributed by atoms with E-state index in [1.807, 2.05) is 0 Å². The van der Waals surface area contributed by atoms with E-state index in [0.717, 1.165) is 38.9 Å². The van der Waals surface area contributed by atoms with Gasteiger partial charge in [-0.2, -0.15) is 0 Å². The molecule has 0 radical (unpaired) electrons. The highest BCUT2D eigenvalue weighted by molar-refractivity contribution is 5.83. The topological polar surface area (TPSA) is 60.9 Å². The zero-order valence-corrected chi connectivity index (χ0v) is 15.2. The molecule has 0 saturated carbocycles. The first-order chi connectivity index (χ1) is 12.5. The summed E-state index contributed by atoms with van der Waals surface area (Å²) in [5.41, 5.74) is 1.29. The van der Waals surface area contributed by atoms with Crippen molar-refractivity contribution in [3.63, 3.8) is 0 Å². The van der Waals surface area contributed by atoms with Crippen LogP contribution in [-0.4, -0.2) is 52.5 Å². The van der Waals surface area contributed by atoms with Crippen molar-refractivity contribution in [2.24, 2.45) is 0 Å². The van der Waals surface area contributed by atoms with Gasteiger partial charge in [0.15, 0.2) is 0 Å². The molecule has 0 spiro atoms. The largest absolute Gasteiger partial charge is 0.480 e. The van der Waals surface area contributed by atoms with E-state index in [1.54, 1.807) is 0 Å². The van der Waals surface area contributed by atoms with E-state index in [0.29, 0.717) is 0 Å². The lowest BCUT2D eigenvalue weighted by atomic mass is 10.1. The maximum Gasteiger partial charge on any atom is 0.323 e. The molecule has 1 fully saturated rings. The minimum absolute atomic E-state index is 0.0187. The highest BCUT2D eigenvalue weighted by Crippen LogP contribution is 2.21. The van der Waals surface area contributed by atoms with Gasteiger partial charge in [0.05, 0.1) is 0 Å². The molecule has 2 aromatic carbocycles. The number of benzene rings is 2. The Morgan fingerprint density at radius 3 is 2.62 bits per heavy atom. The van der Waals surface area contributed by atoms with Gasteiger partial charge in [-0.25, -0.2) is 0 Å². The van der Waals surface area contributed by atoms with E-state index in [-0.39, 0.29) is 18.5 Å². The van der Waals surface area contributed by atoms with Gasteiger partial charge in [0.2, 0.25) is 5.91 Å². The van der Waals surface area contributed by atoms with Gasteiger partial charge in [0.25, 0.3) is 0 Å². The van der Waals surface area contributed by atoms with Crippen molar-refractivity contribution < 1.29 is 14.7 Å². The van der Waals surface area contributed by atoms with Crippen molar-refractivity contribution in [3.05, 3.63) is 48.0 Å². The maximum atomic E-state index is 11.8. The van der Waals surface area contributed by atoms with E-state index in [9.17, 15) is 9.59 Å². The lowest BCUT2D eigenvalue weighted by molar-refractivity contribution is -0.145. The Morgan fingerprint density at radius 1 is 1.12 bits per heavy atom. The Labute approximate surface area is 154 Å². The molecule has 1 atom stereocenters. The summed E-state index contributed by atoms with van der Waals surface area (Å²) >= 11 is 0. The van der Waals surface area contributed by atoms with Crippen LogP contribution in [0.4, 0.5) is 0 Å². The summed E-state index contributed by atoms with van der Waals surface area (Å²) in [7, 11) is 0. The Balaban J connectivity index is 1.64. The third-order valence-electron chi connectivity index (χ3n) is 5.16. The first-order valence-corrected chi connectivity index (χ1v) is 9.22. The number of likely N-dealkylation sites (tertiary alicyclic amines) is 1. The molecule has 1 N–H and O–H groups in total. The summed E-state index contributed by atoms with van der Waals surface area (Å²) in [5.74, 6) is -1.10. The number of amides is 1. The fourth-order valence-corrected chi connectivity index (χ4v) is 3.85. The van der Waals surface area contributed by atoms with Gasteiger partial charge in [-0.05, 0) is 48.2 Å². The van der Waals surface area contributed by atoms with Crippen molar-refractivity contribution in [2.75, 3.05) is 19.6 Å². The van der Waals surface area contributed by atoms with Crippen LogP contribution in [0.2, 0.25) is 0 Å². The van der Waals surface area contributed by atoms with Crippen molar-refractivity contribution in [2.45, 2.75) is 38.8 Å². The Kier molecular flexibility index (Phi) is 5.89. The molecular weight excluding hydrogens is 328 g/mol. The van der Waals surface area contributed by atoms with Gasteiger partial charge in [0.1, 0.15) is 6.54 Å². The average molecular weight is 354 g/mol. The van der Waals surface area contributed by atoms with Crippen molar-refractivity contribution in [3.8, 4) is 0 Å². The lowest BCUT2D eigenvalue weighted by Crippen LogP contribution is -2.42. The van der Waals surface area contributed by atoms with Crippen molar-refractivity contribution in [1.82, 2.24) is 9.80 Å². The van der Waals surface area contributed by atoms with Crippen LogP contribution in [0.1, 0.15) is 31.7 Å². The fraction of sp³-hybridized carbons (Fsp3) is 0.429. The second-order valence-electron chi connectivity index (χ2n) is 7.08. The zero-order valence-electron chi connectivity index (χ0n) is 15.2. The van der Waals surface area contributed by atoms with Crippen molar-refractivity contribution in [1.29, 1.82) is 0 Å². The van der Waals surface area contributed by atoms with E-state index in [4.69, 9.17) is 5.11 Å². The summed E-state index contributed by atoms with van der Waals surface area (Å²) in [4.78, 5) is 26.8. The first kappa shape index (κ1) is 18.4. The molecule has 5 heteroatoms. The number of hydrogen-bond acceptors (Lipinski definition) is 3. The number of rotatable bonds is 5. The Hall–Kier alpha value is -2.40. The number of aliphatic carboxylic acids is 1. The predicted molar refractivity (Wildman–Crippen MR) is 102 cm³/mol. The van der Waals surface area contributed by atoms with Crippen LogP contribution in [0, 0.1) is 0 Å². The summed E-state index contributed by atoms with van der Waals surface area (Å²) in [6, 6.07) is 15.0. The van der Waals surface area contributed by atoms with Gasteiger partial charge < -0.3 is 10.0 Å². The molecule has 1 saturated heterocycles. The highest BCUT2D eigenvalue weighted by Gasteiger charge is 2.26. The van der Waals surface area contributed by atoms with Crippen LogP contribution in [0.25, 0.3) is 10.8 Å². The number of nitrogens with zero attached hydrogens (tertiary/aromatic N) is 2. The number of carbonyl (C=O) groups excluding carboxylic acids is 1. The van der Waals surface area contributed by atoms with Gasteiger partial charge in [-0.15, -0.1) is 0 Å². The van der Waals surface area contributed by atoms with E-state index in [2.05, 4.69) is 47.4 Å². The van der Waals surface area contributed by atoms with Crippen LogP contribution in [0.3, 0.4) is 0 Å². The van der Waals surface area contributed by atoms with Gasteiger partial charge in [0, 0.05) is 26.1 Å². The minimum Gasteiger partial charge on any atom is -0.480 e. The monoisotopic (exact) mass is 354 g/mol. The zero-order chi connectivity index (χ0) is 18.5. The molecule has 1 aliphatic rings. The molecule has 3 rings (SSSR count). The van der Waals surface area contributed by atoms with Gasteiger partial charge in [-0.3, -0.25) is 14.5 Å². The SMILES string of the molecule is CC(=O)N(CC(=O)O)[C@@H]1CCCN(Cc2ccc3ccccc3c2)CC1. The molecule has 2 aromatic rings. The van der Waals surface area contributed by atoms with Crippen LogP contribution in [0.15, 0.2) is 42.5 Å². The molecule has 26 heavy (non-hydrogen) atoms. The predicted octanol–water partition coefficient (Wildman–Crippen LogP) is 3.13. The molecule has 5 nitrogen and oxygen atoms in total. The molecule has 1 heterocycles. The summed E-state index contributed by atoms with van der Waals surface area (Å²) in [6.07, 6.45) is 2.66. The van der Waals surface area contributed by atoms with Crippen LogP contribution >= 0.6 is 0 Å². The molecule has 0 unspecified atom stereocenters. The molecule has 0 bridgehead atoms. The summed E-state index contributed by atoms with van der Waals surface area (Å²) < 4.78 is 0. The Bertz CT molecular complexity index is 790. The smallest absolute Gasteiger partial charge is 0.323 e. The second kappa shape index (κ2) is 8.32. The maximum absolute atomic E-state index is 11.8. The minimum atomic E-state index is -0.947. The van der Waals surface area contributed by atoms with Gasteiger partial charge in [-0.1, -0.05) is 36.4 Å². The number of carbonyl (C=O) groups is 2. The van der Waals surface area contributed by atoms with Crippen LogP contribution in [0.5, 0.6) is 0 Å². The van der Waals surface area contributed by atoms with Crippen LogP contribution < -0.4 is 0 Å². The van der Waals surface area contributed by atoms with E-state index in [1.165, 1.54) is 28.2 Å². The first-order valence-electron chi connectivity index (χ1n) is 9.22. The molecule has 138 valence electrons. The van der Waals surface area contributed by atoms with Crippen LogP contribution in [-0.2, 0) is 16.1 Å². The number of carboxylic acids is 1. The highest BCUT2D eigenvalue weighted by atomic mass is 16.4. The quantitative estimate of drug-likeness (QED) is 0.896. The van der Waals surface area contributed by atoms with E-state index >= 15 is 0 Å². The van der Waals surface area contributed by atoms with E-state index < -0.39 is 5.97 Å².